The molecule has 5 nitrogen and oxygen atoms in total. The maximum absolute atomic E-state index is 11.9. The zero-order valence-electron chi connectivity index (χ0n) is 11.6. The summed E-state index contributed by atoms with van der Waals surface area (Å²) in [5, 5.41) is 11.7. The third-order valence-corrected chi connectivity index (χ3v) is 4.10. The number of ether oxygens (including phenoxy) is 2. The van der Waals surface area contributed by atoms with Crippen LogP contribution in [0.25, 0.3) is 6.08 Å². The van der Waals surface area contributed by atoms with E-state index in [0.717, 1.165) is 18.5 Å². The fraction of sp³-hybridized carbons (Fsp3) is 0.286. The second-order valence-corrected chi connectivity index (χ2v) is 6.26. The summed E-state index contributed by atoms with van der Waals surface area (Å²) in [5.74, 6) is 0.381. The molecule has 0 aliphatic rings. The molecule has 0 saturated carbocycles. The number of amides is 1. The highest BCUT2D eigenvalue weighted by Gasteiger charge is 2.11. The number of nitriles is 1. The van der Waals surface area contributed by atoms with Gasteiger partial charge in [-0.25, -0.2) is 0 Å². The molecule has 21 heavy (non-hydrogen) atoms. The molecular weight excluding hydrogens is 498 g/mol. The van der Waals surface area contributed by atoms with Crippen LogP contribution in [-0.2, 0) is 9.53 Å². The van der Waals surface area contributed by atoms with Gasteiger partial charge in [-0.05, 0) is 69.0 Å². The molecule has 1 amide bonds. The first-order valence-electron chi connectivity index (χ1n) is 5.95. The van der Waals surface area contributed by atoms with Gasteiger partial charge in [0.05, 0.1) is 20.9 Å². The number of nitrogens with one attached hydrogen (secondary N) is 1. The highest BCUT2D eigenvalue weighted by Crippen LogP contribution is 2.29. The summed E-state index contributed by atoms with van der Waals surface area (Å²) in [5.41, 5.74) is 0.839. The lowest BCUT2D eigenvalue weighted by molar-refractivity contribution is -0.117. The summed E-state index contributed by atoms with van der Waals surface area (Å²) < 4.78 is 12.0. The Morgan fingerprint density at radius 3 is 2.48 bits per heavy atom. The predicted molar refractivity (Wildman–Crippen MR) is 96.9 cm³/mol. The number of nitrogens with zero attached hydrogens (tertiary/aromatic N) is 1. The molecule has 0 spiro atoms. The van der Waals surface area contributed by atoms with E-state index in [1.54, 1.807) is 20.3 Å². The average Bonchev–Trinajstić information content (AvgIpc) is 2.44. The van der Waals surface area contributed by atoms with Crippen molar-refractivity contribution in [3.63, 3.8) is 0 Å². The molecule has 7 heteroatoms. The number of hydrogen-bond acceptors (Lipinski definition) is 4. The van der Waals surface area contributed by atoms with Gasteiger partial charge in [0.25, 0.3) is 5.91 Å². The third kappa shape index (κ3) is 5.44. The van der Waals surface area contributed by atoms with Crippen molar-refractivity contribution in [1.82, 2.24) is 5.32 Å². The van der Waals surface area contributed by atoms with Gasteiger partial charge in [0.2, 0.25) is 0 Å². The molecule has 0 heterocycles. The number of benzene rings is 1. The van der Waals surface area contributed by atoms with Crippen LogP contribution in [0.3, 0.4) is 0 Å². The maximum Gasteiger partial charge on any atom is 0.262 e. The van der Waals surface area contributed by atoms with E-state index in [9.17, 15) is 4.79 Å². The zero-order valence-corrected chi connectivity index (χ0v) is 15.9. The van der Waals surface area contributed by atoms with Gasteiger partial charge in [-0.15, -0.1) is 0 Å². The number of carbonyl (C=O) groups excluding carboxylic acids is 1. The number of rotatable bonds is 6. The van der Waals surface area contributed by atoms with Crippen molar-refractivity contribution in [1.29, 1.82) is 5.26 Å². The lowest BCUT2D eigenvalue weighted by atomic mass is 10.1. The highest BCUT2D eigenvalue weighted by molar-refractivity contribution is 14.1. The topological polar surface area (TPSA) is 71.3 Å². The van der Waals surface area contributed by atoms with E-state index in [-0.39, 0.29) is 5.57 Å². The first-order chi connectivity index (χ1) is 10.0. The van der Waals surface area contributed by atoms with Gasteiger partial charge in [0, 0.05) is 13.7 Å². The van der Waals surface area contributed by atoms with Crippen LogP contribution in [-0.4, -0.2) is 33.3 Å². The minimum absolute atomic E-state index is 0.0582. The van der Waals surface area contributed by atoms with Crippen LogP contribution in [0.5, 0.6) is 5.75 Å². The Labute approximate surface area is 151 Å². The van der Waals surface area contributed by atoms with Gasteiger partial charge < -0.3 is 14.8 Å². The van der Waals surface area contributed by atoms with E-state index in [1.165, 1.54) is 0 Å². The van der Waals surface area contributed by atoms with E-state index >= 15 is 0 Å². The number of halogens is 2. The van der Waals surface area contributed by atoms with Crippen molar-refractivity contribution in [3.05, 3.63) is 30.4 Å². The van der Waals surface area contributed by atoms with E-state index in [2.05, 4.69) is 50.5 Å². The Bertz CT molecular complexity index is 571. The molecule has 0 aliphatic carbocycles. The molecule has 0 unspecified atom stereocenters. The predicted octanol–water partition coefficient (Wildman–Crippen LogP) is 2.57. The van der Waals surface area contributed by atoms with E-state index in [1.807, 2.05) is 18.2 Å². The molecule has 0 bridgehead atoms. The minimum Gasteiger partial charge on any atom is -0.495 e. The molecule has 0 radical (unpaired) electrons. The number of methoxy groups -OCH3 is 2. The zero-order chi connectivity index (χ0) is 15.8. The molecule has 0 fully saturated rings. The molecule has 1 aromatic carbocycles. The van der Waals surface area contributed by atoms with E-state index < -0.39 is 5.91 Å². The molecule has 1 N–H and O–H groups in total. The van der Waals surface area contributed by atoms with Crippen LogP contribution < -0.4 is 10.1 Å². The quantitative estimate of drug-likeness (QED) is 0.276. The fourth-order valence-electron chi connectivity index (χ4n) is 1.53. The Hall–Kier alpha value is -0.860. The van der Waals surface area contributed by atoms with Crippen LogP contribution in [0.15, 0.2) is 17.7 Å². The lowest BCUT2D eigenvalue weighted by Gasteiger charge is -2.08. The van der Waals surface area contributed by atoms with Crippen LogP contribution in [0.2, 0.25) is 0 Å². The maximum atomic E-state index is 11.9. The highest BCUT2D eigenvalue weighted by atomic mass is 127. The molecule has 0 aromatic heterocycles. The Kier molecular flexibility index (Phi) is 7.98. The Morgan fingerprint density at radius 1 is 1.38 bits per heavy atom. The van der Waals surface area contributed by atoms with E-state index in [0.29, 0.717) is 13.2 Å². The molecule has 1 rings (SSSR count). The van der Waals surface area contributed by atoms with E-state index in [4.69, 9.17) is 14.7 Å². The van der Waals surface area contributed by atoms with Crippen molar-refractivity contribution in [3.8, 4) is 11.8 Å². The van der Waals surface area contributed by atoms with Crippen molar-refractivity contribution in [2.45, 2.75) is 0 Å². The summed E-state index contributed by atoms with van der Waals surface area (Å²) in [6, 6.07) is 5.64. The monoisotopic (exact) mass is 512 g/mol. The van der Waals surface area contributed by atoms with Crippen LogP contribution in [0.4, 0.5) is 0 Å². The second kappa shape index (κ2) is 9.22. The molecule has 0 atom stereocenters. The van der Waals surface area contributed by atoms with Crippen molar-refractivity contribution in [2.75, 3.05) is 27.4 Å². The molecule has 0 saturated heterocycles. The fourth-order valence-corrected chi connectivity index (χ4v) is 3.79. The SMILES string of the molecule is COCCNC(=O)/C(C#N)=C/c1cc(I)c(OC)c(I)c1. The third-order valence-electron chi connectivity index (χ3n) is 2.49. The van der Waals surface area contributed by atoms with Gasteiger partial charge in [-0.1, -0.05) is 0 Å². The lowest BCUT2D eigenvalue weighted by Crippen LogP contribution is -2.27. The summed E-state index contributed by atoms with van der Waals surface area (Å²) in [6.07, 6.45) is 1.56. The molecule has 1 aromatic rings. The summed E-state index contributed by atoms with van der Waals surface area (Å²) in [6.45, 7) is 0.773. The number of carbonyl (C=O) groups is 1. The summed E-state index contributed by atoms with van der Waals surface area (Å²) in [4.78, 5) is 11.9. The van der Waals surface area contributed by atoms with Crippen LogP contribution >= 0.6 is 45.2 Å². The van der Waals surface area contributed by atoms with Crippen molar-refractivity contribution >= 4 is 57.2 Å². The van der Waals surface area contributed by atoms with Crippen LogP contribution in [0.1, 0.15) is 5.56 Å². The van der Waals surface area contributed by atoms with Crippen molar-refractivity contribution in [2.24, 2.45) is 0 Å². The smallest absolute Gasteiger partial charge is 0.262 e. The summed E-state index contributed by atoms with van der Waals surface area (Å²) >= 11 is 4.31. The number of hydrogen-bond donors (Lipinski definition) is 1. The summed E-state index contributed by atoms with van der Waals surface area (Å²) in [7, 11) is 3.16. The van der Waals surface area contributed by atoms with Gasteiger partial charge in [-0.3, -0.25) is 4.79 Å². The molecule has 0 aliphatic heterocycles. The van der Waals surface area contributed by atoms with Crippen LogP contribution in [0, 0.1) is 18.5 Å². The first-order valence-corrected chi connectivity index (χ1v) is 8.11. The minimum atomic E-state index is -0.407. The Morgan fingerprint density at radius 2 is 2.00 bits per heavy atom. The van der Waals surface area contributed by atoms with Crippen molar-refractivity contribution < 1.29 is 14.3 Å². The first kappa shape index (κ1) is 18.2. The molecular formula is C14H14I2N2O3. The average molecular weight is 512 g/mol. The second-order valence-electron chi connectivity index (χ2n) is 3.94. The Balaban J connectivity index is 2.99. The normalized spacial score (nSPS) is 10.9. The standard InChI is InChI=1S/C14H14I2N2O3/c1-20-4-3-18-14(19)10(8-17)5-9-6-11(15)13(21-2)12(16)7-9/h5-7H,3-4H2,1-2H3,(H,18,19)/b10-5+. The largest absolute Gasteiger partial charge is 0.495 e. The van der Waals surface area contributed by atoms with Gasteiger partial charge in [0.15, 0.2) is 0 Å². The van der Waals surface area contributed by atoms with Gasteiger partial charge >= 0.3 is 0 Å². The van der Waals surface area contributed by atoms with Gasteiger partial charge in [-0.2, -0.15) is 5.26 Å². The molecule has 112 valence electrons. The van der Waals surface area contributed by atoms with Gasteiger partial charge in [0.1, 0.15) is 17.4 Å².